The number of aldehydes is 1. The zero-order valence-corrected chi connectivity index (χ0v) is 12.0. The van der Waals surface area contributed by atoms with Gasteiger partial charge in [-0.2, -0.15) is 0 Å². The molecule has 6 heteroatoms. The van der Waals surface area contributed by atoms with E-state index in [1.165, 1.54) is 6.92 Å². The van der Waals surface area contributed by atoms with Crippen LogP contribution in [0.2, 0.25) is 0 Å². The summed E-state index contributed by atoms with van der Waals surface area (Å²) >= 11 is 5.22. The Morgan fingerprint density at radius 2 is 2.25 bits per heavy atom. The molecular formula is C10H8BrIO4. The molecule has 0 radical (unpaired) electrons. The summed E-state index contributed by atoms with van der Waals surface area (Å²) in [5.41, 5.74) is 0.506. The van der Waals surface area contributed by atoms with Crippen LogP contribution in [0.15, 0.2) is 16.6 Å². The Kier molecular flexibility index (Phi) is 4.72. The molecule has 1 aromatic rings. The Morgan fingerprint density at radius 3 is 2.69 bits per heavy atom. The Labute approximate surface area is 114 Å². The van der Waals surface area contributed by atoms with E-state index in [-0.39, 0.29) is 0 Å². The molecule has 0 saturated heterocycles. The second-order valence-corrected chi connectivity index (χ2v) is 5.05. The monoisotopic (exact) mass is 398 g/mol. The predicted molar refractivity (Wildman–Crippen MR) is 70.0 cm³/mol. The molecule has 16 heavy (non-hydrogen) atoms. The van der Waals surface area contributed by atoms with Crippen molar-refractivity contribution in [3.05, 3.63) is 25.7 Å². The Hall–Kier alpha value is -0.630. The first kappa shape index (κ1) is 13.4. The normalized spacial score (nSPS) is 11.9. The SMILES string of the molecule is CC(Oc1c(Br)cc(C=O)cc1I)C(=O)O. The Morgan fingerprint density at radius 1 is 1.62 bits per heavy atom. The maximum atomic E-state index is 10.7. The van der Waals surface area contributed by atoms with Crippen LogP contribution in [0.5, 0.6) is 5.75 Å². The quantitative estimate of drug-likeness (QED) is 0.625. The molecule has 0 fully saturated rings. The minimum atomic E-state index is -1.04. The summed E-state index contributed by atoms with van der Waals surface area (Å²) in [7, 11) is 0. The number of hydrogen-bond donors (Lipinski definition) is 1. The van der Waals surface area contributed by atoms with Crippen molar-refractivity contribution in [3.8, 4) is 5.75 Å². The molecule has 1 atom stereocenters. The van der Waals surface area contributed by atoms with Gasteiger partial charge in [0.1, 0.15) is 12.0 Å². The molecule has 0 spiro atoms. The van der Waals surface area contributed by atoms with Crippen molar-refractivity contribution in [1.29, 1.82) is 0 Å². The van der Waals surface area contributed by atoms with Gasteiger partial charge in [0.15, 0.2) is 6.10 Å². The lowest BCUT2D eigenvalue weighted by molar-refractivity contribution is -0.144. The van der Waals surface area contributed by atoms with Crippen LogP contribution in [0.4, 0.5) is 0 Å². The zero-order chi connectivity index (χ0) is 12.3. The third-order valence-corrected chi connectivity index (χ3v) is 3.19. The van der Waals surface area contributed by atoms with Gasteiger partial charge in [-0.25, -0.2) is 4.79 Å². The molecule has 0 aliphatic heterocycles. The van der Waals surface area contributed by atoms with Crippen LogP contribution in [-0.4, -0.2) is 23.5 Å². The lowest BCUT2D eigenvalue weighted by Crippen LogP contribution is -2.23. The van der Waals surface area contributed by atoms with Crippen LogP contribution in [-0.2, 0) is 4.79 Å². The number of halogens is 2. The highest BCUT2D eigenvalue weighted by Gasteiger charge is 2.17. The van der Waals surface area contributed by atoms with Crippen LogP contribution in [0, 0.1) is 3.57 Å². The van der Waals surface area contributed by atoms with Crippen molar-refractivity contribution in [3.63, 3.8) is 0 Å². The number of benzene rings is 1. The third kappa shape index (κ3) is 3.18. The number of carbonyl (C=O) groups excluding carboxylic acids is 1. The van der Waals surface area contributed by atoms with Gasteiger partial charge in [0.2, 0.25) is 0 Å². The lowest BCUT2D eigenvalue weighted by atomic mass is 10.2. The molecule has 86 valence electrons. The average Bonchev–Trinajstić information content (AvgIpc) is 2.22. The molecule has 0 aliphatic carbocycles. The van der Waals surface area contributed by atoms with Gasteiger partial charge in [-0.05, 0) is 57.6 Å². The first-order valence-electron chi connectivity index (χ1n) is 4.29. The molecule has 1 unspecified atom stereocenters. The largest absolute Gasteiger partial charge is 0.479 e. The molecule has 0 bridgehead atoms. The molecule has 0 aliphatic rings. The molecular weight excluding hydrogens is 391 g/mol. The highest BCUT2D eigenvalue weighted by atomic mass is 127. The molecule has 0 heterocycles. The number of hydrogen-bond acceptors (Lipinski definition) is 3. The maximum Gasteiger partial charge on any atom is 0.344 e. The minimum Gasteiger partial charge on any atom is -0.479 e. The van der Waals surface area contributed by atoms with Crippen molar-refractivity contribution in [2.75, 3.05) is 0 Å². The number of aliphatic carboxylic acids is 1. The summed E-state index contributed by atoms with van der Waals surface area (Å²) in [6.07, 6.45) is -0.218. The molecule has 0 aromatic heterocycles. The summed E-state index contributed by atoms with van der Waals surface area (Å²) < 4.78 is 6.51. The van der Waals surface area contributed by atoms with Crippen LogP contribution < -0.4 is 4.74 Å². The number of carboxylic acid groups (broad SMARTS) is 1. The number of rotatable bonds is 4. The maximum absolute atomic E-state index is 10.7. The van der Waals surface area contributed by atoms with E-state index in [4.69, 9.17) is 9.84 Å². The van der Waals surface area contributed by atoms with Gasteiger partial charge in [-0.3, -0.25) is 4.79 Å². The third-order valence-electron chi connectivity index (χ3n) is 1.80. The summed E-state index contributed by atoms with van der Waals surface area (Å²) in [6.45, 7) is 1.44. The standard InChI is InChI=1S/C10H8BrIO4/c1-5(10(14)15)16-9-7(11)2-6(4-13)3-8(9)12/h2-5H,1H3,(H,14,15). The van der Waals surface area contributed by atoms with E-state index in [9.17, 15) is 9.59 Å². The smallest absolute Gasteiger partial charge is 0.344 e. The minimum absolute atomic E-state index is 0.432. The summed E-state index contributed by atoms with van der Waals surface area (Å²) in [5, 5.41) is 8.73. The van der Waals surface area contributed by atoms with E-state index < -0.39 is 12.1 Å². The van der Waals surface area contributed by atoms with E-state index in [1.54, 1.807) is 12.1 Å². The number of carboxylic acids is 1. The average molecular weight is 399 g/mol. The predicted octanol–water partition coefficient (Wildman–Crippen LogP) is 2.72. The van der Waals surface area contributed by atoms with Gasteiger partial charge in [0.25, 0.3) is 0 Å². The summed E-state index contributed by atoms with van der Waals surface area (Å²) in [6, 6.07) is 3.21. The van der Waals surface area contributed by atoms with E-state index in [0.29, 0.717) is 19.4 Å². The van der Waals surface area contributed by atoms with Crippen molar-refractivity contribution < 1.29 is 19.4 Å². The first-order chi connectivity index (χ1) is 7.45. The highest BCUT2D eigenvalue weighted by Crippen LogP contribution is 2.32. The molecule has 1 rings (SSSR count). The van der Waals surface area contributed by atoms with Gasteiger partial charge in [0.05, 0.1) is 8.04 Å². The Bertz CT molecular complexity index is 410. The van der Waals surface area contributed by atoms with Crippen molar-refractivity contribution in [2.45, 2.75) is 13.0 Å². The van der Waals surface area contributed by atoms with Gasteiger partial charge in [-0.15, -0.1) is 0 Å². The first-order valence-corrected chi connectivity index (χ1v) is 6.16. The van der Waals surface area contributed by atoms with Crippen LogP contribution in [0.1, 0.15) is 17.3 Å². The van der Waals surface area contributed by atoms with Gasteiger partial charge in [0, 0.05) is 5.56 Å². The van der Waals surface area contributed by atoms with E-state index in [2.05, 4.69) is 15.9 Å². The van der Waals surface area contributed by atoms with Crippen molar-refractivity contribution in [2.24, 2.45) is 0 Å². The summed E-state index contributed by atoms with van der Waals surface area (Å²) in [5.74, 6) is -0.608. The molecule has 4 nitrogen and oxygen atoms in total. The van der Waals surface area contributed by atoms with Crippen LogP contribution in [0.25, 0.3) is 0 Å². The molecule has 1 aromatic carbocycles. The molecule has 0 saturated carbocycles. The number of ether oxygens (including phenoxy) is 1. The lowest BCUT2D eigenvalue weighted by Gasteiger charge is -2.13. The van der Waals surface area contributed by atoms with E-state index in [0.717, 1.165) is 6.29 Å². The van der Waals surface area contributed by atoms with Gasteiger partial charge >= 0.3 is 5.97 Å². The molecule has 0 amide bonds. The van der Waals surface area contributed by atoms with E-state index >= 15 is 0 Å². The van der Waals surface area contributed by atoms with Gasteiger partial charge in [-0.1, -0.05) is 0 Å². The highest BCUT2D eigenvalue weighted by molar-refractivity contribution is 14.1. The fourth-order valence-corrected chi connectivity index (χ4v) is 2.71. The van der Waals surface area contributed by atoms with Crippen LogP contribution >= 0.6 is 38.5 Å². The zero-order valence-electron chi connectivity index (χ0n) is 8.24. The second-order valence-electron chi connectivity index (χ2n) is 3.03. The Balaban J connectivity index is 3.05. The second kappa shape index (κ2) is 5.62. The topological polar surface area (TPSA) is 63.6 Å². The summed E-state index contributed by atoms with van der Waals surface area (Å²) in [4.78, 5) is 21.2. The fraction of sp³-hybridized carbons (Fsp3) is 0.200. The van der Waals surface area contributed by atoms with Crippen molar-refractivity contribution in [1.82, 2.24) is 0 Å². The number of carbonyl (C=O) groups is 2. The van der Waals surface area contributed by atoms with Crippen LogP contribution in [0.3, 0.4) is 0 Å². The fourth-order valence-electron chi connectivity index (χ4n) is 0.987. The van der Waals surface area contributed by atoms with Crippen molar-refractivity contribution >= 4 is 50.8 Å². The van der Waals surface area contributed by atoms with E-state index in [1.807, 2.05) is 22.6 Å². The molecule has 1 N–H and O–H groups in total. The van der Waals surface area contributed by atoms with Gasteiger partial charge < -0.3 is 9.84 Å².